The molecule has 2 amide bonds. The van der Waals surface area contributed by atoms with E-state index in [9.17, 15) is 4.79 Å². The van der Waals surface area contributed by atoms with Crippen LogP contribution in [0.5, 0.6) is 5.88 Å². The fourth-order valence-corrected chi connectivity index (χ4v) is 2.59. The van der Waals surface area contributed by atoms with Gasteiger partial charge in [0, 0.05) is 26.2 Å². The number of nitrogen functional groups attached to an aromatic ring is 1. The quantitative estimate of drug-likeness (QED) is 0.777. The summed E-state index contributed by atoms with van der Waals surface area (Å²) in [5.74, 6) is 1.28. The van der Waals surface area contributed by atoms with Gasteiger partial charge in [0.15, 0.2) is 0 Å². The molecular formula is C12H17N5O2. The molecule has 1 aromatic heterocycles. The summed E-state index contributed by atoms with van der Waals surface area (Å²) in [7, 11) is 1.56. The minimum absolute atomic E-state index is 0.0347. The van der Waals surface area contributed by atoms with Crippen LogP contribution < -0.4 is 20.7 Å². The highest BCUT2D eigenvalue weighted by molar-refractivity contribution is 5.77. The van der Waals surface area contributed by atoms with Gasteiger partial charge in [0.25, 0.3) is 0 Å². The van der Waals surface area contributed by atoms with Gasteiger partial charge in [-0.1, -0.05) is 0 Å². The molecule has 2 aliphatic heterocycles. The van der Waals surface area contributed by atoms with E-state index in [1.165, 1.54) is 0 Å². The number of amides is 2. The molecule has 0 spiro atoms. The van der Waals surface area contributed by atoms with E-state index in [1.54, 1.807) is 13.2 Å². The highest BCUT2D eigenvalue weighted by atomic mass is 16.5. The highest BCUT2D eigenvalue weighted by Gasteiger charge is 2.35. The van der Waals surface area contributed by atoms with E-state index in [4.69, 9.17) is 10.5 Å². The molecule has 0 radical (unpaired) electrons. The Bertz CT molecular complexity index is 507. The molecule has 2 saturated heterocycles. The van der Waals surface area contributed by atoms with Gasteiger partial charge in [0.2, 0.25) is 5.88 Å². The molecule has 7 nitrogen and oxygen atoms in total. The fourth-order valence-electron chi connectivity index (χ4n) is 2.59. The maximum absolute atomic E-state index is 11.5. The molecule has 1 unspecified atom stereocenters. The number of nitrogens with one attached hydrogen (secondary N) is 1. The molecule has 0 bridgehead atoms. The Balaban J connectivity index is 1.78. The van der Waals surface area contributed by atoms with E-state index in [0.717, 1.165) is 18.9 Å². The number of pyridine rings is 1. The first kappa shape index (κ1) is 11.9. The molecule has 1 atom stereocenters. The van der Waals surface area contributed by atoms with Crippen LogP contribution in [-0.2, 0) is 0 Å². The normalized spacial score (nSPS) is 22.2. The van der Waals surface area contributed by atoms with E-state index < -0.39 is 0 Å². The van der Waals surface area contributed by atoms with Gasteiger partial charge >= 0.3 is 6.03 Å². The molecule has 0 aromatic carbocycles. The first-order valence-corrected chi connectivity index (χ1v) is 6.29. The van der Waals surface area contributed by atoms with Crippen LogP contribution in [0.4, 0.5) is 16.3 Å². The zero-order valence-electron chi connectivity index (χ0n) is 10.8. The number of ether oxygens (including phenoxy) is 1. The molecule has 0 saturated carbocycles. The molecule has 1 aromatic rings. The molecule has 3 heterocycles. The smallest absolute Gasteiger partial charge is 0.317 e. The van der Waals surface area contributed by atoms with Crippen molar-refractivity contribution in [1.29, 1.82) is 0 Å². The molecular weight excluding hydrogens is 246 g/mol. The number of nitrogens with zero attached hydrogens (tertiary/aromatic N) is 3. The number of carbonyl (C=O) groups excluding carboxylic acids is 1. The number of carbonyl (C=O) groups is 1. The van der Waals surface area contributed by atoms with Crippen molar-refractivity contribution in [1.82, 2.24) is 15.2 Å². The van der Waals surface area contributed by atoms with E-state index >= 15 is 0 Å². The van der Waals surface area contributed by atoms with E-state index in [1.807, 2.05) is 11.0 Å². The first-order valence-electron chi connectivity index (χ1n) is 6.29. The second-order valence-electron chi connectivity index (χ2n) is 4.75. The lowest BCUT2D eigenvalue weighted by Crippen LogP contribution is -2.52. The first-order chi connectivity index (χ1) is 9.19. The van der Waals surface area contributed by atoms with Crippen molar-refractivity contribution in [3.05, 3.63) is 12.1 Å². The summed E-state index contributed by atoms with van der Waals surface area (Å²) in [6, 6.07) is 3.93. The van der Waals surface area contributed by atoms with Gasteiger partial charge in [0.1, 0.15) is 5.82 Å². The third kappa shape index (κ3) is 2.00. The number of hydrogen-bond donors (Lipinski definition) is 2. The van der Waals surface area contributed by atoms with Gasteiger partial charge in [-0.3, -0.25) is 0 Å². The highest BCUT2D eigenvalue weighted by Crippen LogP contribution is 2.25. The number of fused-ring (bicyclic) bond motifs is 1. The van der Waals surface area contributed by atoms with Crippen molar-refractivity contribution in [2.24, 2.45) is 0 Å². The summed E-state index contributed by atoms with van der Waals surface area (Å²) in [4.78, 5) is 20.0. The zero-order valence-corrected chi connectivity index (χ0v) is 10.8. The number of anilines is 2. The van der Waals surface area contributed by atoms with Crippen molar-refractivity contribution in [2.75, 3.05) is 43.9 Å². The molecule has 102 valence electrons. The lowest BCUT2D eigenvalue weighted by molar-refractivity contribution is 0.197. The van der Waals surface area contributed by atoms with Crippen LogP contribution >= 0.6 is 0 Å². The van der Waals surface area contributed by atoms with Crippen molar-refractivity contribution in [3.63, 3.8) is 0 Å². The second-order valence-corrected chi connectivity index (χ2v) is 4.75. The minimum Gasteiger partial charge on any atom is -0.479 e. The Labute approximate surface area is 111 Å². The molecule has 2 aliphatic rings. The van der Waals surface area contributed by atoms with Crippen molar-refractivity contribution in [2.45, 2.75) is 6.04 Å². The van der Waals surface area contributed by atoms with E-state index in [-0.39, 0.29) is 12.1 Å². The summed E-state index contributed by atoms with van der Waals surface area (Å²) in [5.41, 5.74) is 6.29. The van der Waals surface area contributed by atoms with Gasteiger partial charge in [-0.15, -0.1) is 0 Å². The maximum Gasteiger partial charge on any atom is 0.317 e. The minimum atomic E-state index is 0.0347. The van der Waals surface area contributed by atoms with Crippen LogP contribution in [0.1, 0.15) is 0 Å². The Morgan fingerprint density at radius 3 is 3.11 bits per heavy atom. The Hall–Kier alpha value is -2.18. The third-order valence-corrected chi connectivity index (χ3v) is 3.62. The van der Waals surface area contributed by atoms with Gasteiger partial charge < -0.3 is 25.6 Å². The van der Waals surface area contributed by atoms with Crippen LogP contribution in [0.2, 0.25) is 0 Å². The molecule has 0 aliphatic carbocycles. The lowest BCUT2D eigenvalue weighted by Gasteiger charge is -2.37. The predicted octanol–water partition coefficient (Wildman–Crippen LogP) is -0.114. The summed E-state index contributed by atoms with van der Waals surface area (Å²) >= 11 is 0. The second kappa shape index (κ2) is 4.49. The summed E-state index contributed by atoms with van der Waals surface area (Å²) in [6.45, 7) is 2.95. The standard InChI is InChI=1S/C12H17N5O2/c1-19-11-9(13)2-3-10(15-11)16-4-5-17-8(7-16)6-14-12(17)18/h2-3,8H,4-7,13H2,1H3,(H,14,18). The topological polar surface area (TPSA) is 83.7 Å². The third-order valence-electron chi connectivity index (χ3n) is 3.62. The summed E-state index contributed by atoms with van der Waals surface area (Å²) in [6.07, 6.45) is 0. The average Bonchev–Trinajstić information content (AvgIpc) is 2.80. The van der Waals surface area contributed by atoms with Gasteiger partial charge in [0.05, 0.1) is 18.8 Å². The van der Waals surface area contributed by atoms with Gasteiger partial charge in [-0.2, -0.15) is 4.98 Å². The van der Waals surface area contributed by atoms with Crippen molar-refractivity contribution in [3.8, 4) is 5.88 Å². The van der Waals surface area contributed by atoms with Crippen LogP contribution in [0.3, 0.4) is 0 Å². The number of methoxy groups -OCH3 is 1. The SMILES string of the molecule is COc1nc(N2CCN3C(=O)NCC3C2)ccc1N. The van der Waals surface area contributed by atoms with Crippen LogP contribution in [0.15, 0.2) is 12.1 Å². The van der Waals surface area contributed by atoms with E-state index in [2.05, 4.69) is 15.2 Å². The fraction of sp³-hybridized carbons (Fsp3) is 0.500. The summed E-state index contributed by atoms with van der Waals surface area (Å²) < 4.78 is 5.14. The Morgan fingerprint density at radius 2 is 2.32 bits per heavy atom. The zero-order chi connectivity index (χ0) is 13.4. The number of rotatable bonds is 2. The Morgan fingerprint density at radius 1 is 1.47 bits per heavy atom. The molecule has 2 fully saturated rings. The number of piperazine rings is 1. The van der Waals surface area contributed by atoms with Gasteiger partial charge in [-0.25, -0.2) is 4.79 Å². The molecule has 7 heteroatoms. The van der Waals surface area contributed by atoms with Crippen LogP contribution in [0.25, 0.3) is 0 Å². The van der Waals surface area contributed by atoms with Crippen molar-refractivity contribution >= 4 is 17.5 Å². The monoisotopic (exact) mass is 263 g/mol. The Kier molecular flexibility index (Phi) is 2.81. The molecule has 3 N–H and O–H groups in total. The number of nitrogens with two attached hydrogens (primary N) is 1. The van der Waals surface area contributed by atoms with Crippen molar-refractivity contribution < 1.29 is 9.53 Å². The van der Waals surface area contributed by atoms with Crippen LogP contribution in [0, 0.1) is 0 Å². The largest absolute Gasteiger partial charge is 0.479 e. The van der Waals surface area contributed by atoms with Crippen LogP contribution in [-0.4, -0.2) is 55.2 Å². The number of aromatic nitrogens is 1. The molecule has 3 rings (SSSR count). The van der Waals surface area contributed by atoms with Gasteiger partial charge in [-0.05, 0) is 12.1 Å². The molecule has 19 heavy (non-hydrogen) atoms. The summed E-state index contributed by atoms with van der Waals surface area (Å²) in [5, 5.41) is 2.86. The predicted molar refractivity (Wildman–Crippen MR) is 71.3 cm³/mol. The number of hydrogen-bond acceptors (Lipinski definition) is 5. The average molecular weight is 263 g/mol. The lowest BCUT2D eigenvalue weighted by atomic mass is 10.2. The number of urea groups is 1. The maximum atomic E-state index is 11.5. The van der Waals surface area contributed by atoms with E-state index in [0.29, 0.717) is 24.7 Å².